The van der Waals surface area contributed by atoms with E-state index in [1.807, 2.05) is 35.2 Å². The number of pyridine rings is 2. The summed E-state index contributed by atoms with van der Waals surface area (Å²) in [6.07, 6.45) is 3.68. The maximum Gasteiger partial charge on any atom is 0.416 e. The maximum absolute atomic E-state index is 13.4. The average molecular weight is 570 g/mol. The van der Waals surface area contributed by atoms with E-state index >= 15 is 0 Å². The number of alkyl halides is 3. The monoisotopic (exact) mass is 569 g/mol. The van der Waals surface area contributed by atoms with Crippen molar-refractivity contribution in [3.05, 3.63) is 89.9 Å². The molecule has 218 valence electrons. The van der Waals surface area contributed by atoms with Crippen LogP contribution in [0.5, 0.6) is 0 Å². The van der Waals surface area contributed by atoms with Crippen molar-refractivity contribution >= 4 is 30.0 Å². The van der Waals surface area contributed by atoms with Gasteiger partial charge in [-0.15, -0.1) is 0 Å². The first-order valence-corrected chi connectivity index (χ1v) is 13.2. The molecule has 1 aliphatic heterocycles. The Morgan fingerprint density at radius 3 is 2.32 bits per heavy atom. The summed E-state index contributed by atoms with van der Waals surface area (Å²) in [5.74, 6) is 0.471. The highest BCUT2D eigenvalue weighted by Gasteiger charge is 2.30. The molecular weight excluding hydrogens is 535 g/mol. The Balaban J connectivity index is 0.00000147. The van der Waals surface area contributed by atoms with Crippen LogP contribution in [0.1, 0.15) is 43.5 Å². The highest BCUT2D eigenvalue weighted by Crippen LogP contribution is 2.29. The number of likely N-dealkylation sites (tertiary alicyclic amines) is 1. The molecule has 0 saturated carbocycles. The Labute approximate surface area is 237 Å². The molecule has 1 aliphatic rings. The van der Waals surface area contributed by atoms with E-state index < -0.39 is 11.7 Å². The first-order valence-electron chi connectivity index (χ1n) is 13.2. The molecule has 8 nitrogen and oxygen atoms in total. The standard InChI is InChI=1S/C29H32F3N5O.CH2O2/c1-21(2)36-18-14-26(15-19-36)37(28(38)11-8-22-6-9-23(10-7-22)29(30,31)32)20-25-4-3-5-27(35-25)34-24-12-16-33-17-13-24;2-1-3/h3-13,16-17,21,26H,14-15,18-20H2,1-2H3,(H,33,34,35);1H,(H,2,3)/b11-8+;. The molecule has 1 fully saturated rings. The minimum atomic E-state index is -4.40. The number of amides is 1. The number of benzene rings is 1. The predicted octanol–water partition coefficient (Wildman–Crippen LogP) is 5.85. The van der Waals surface area contributed by atoms with E-state index in [-0.39, 0.29) is 18.4 Å². The summed E-state index contributed by atoms with van der Waals surface area (Å²) in [4.78, 5) is 34.8. The number of nitrogens with one attached hydrogen (secondary N) is 1. The van der Waals surface area contributed by atoms with Gasteiger partial charge in [0.1, 0.15) is 5.82 Å². The van der Waals surface area contributed by atoms with E-state index in [0.717, 1.165) is 49.4 Å². The fourth-order valence-corrected chi connectivity index (χ4v) is 4.54. The number of aromatic nitrogens is 2. The van der Waals surface area contributed by atoms with E-state index in [2.05, 4.69) is 29.0 Å². The highest BCUT2D eigenvalue weighted by atomic mass is 19.4. The topological polar surface area (TPSA) is 98.7 Å². The van der Waals surface area contributed by atoms with Crippen LogP contribution in [-0.2, 0) is 22.3 Å². The van der Waals surface area contributed by atoms with Gasteiger partial charge < -0.3 is 20.2 Å². The second kappa shape index (κ2) is 14.9. The highest BCUT2D eigenvalue weighted by molar-refractivity contribution is 5.92. The van der Waals surface area contributed by atoms with Crippen LogP contribution in [0.2, 0.25) is 0 Å². The Morgan fingerprint density at radius 1 is 1.10 bits per heavy atom. The van der Waals surface area contributed by atoms with Gasteiger partial charge in [0.2, 0.25) is 5.91 Å². The number of piperidine rings is 1. The number of rotatable bonds is 8. The van der Waals surface area contributed by atoms with Crippen molar-refractivity contribution in [3.8, 4) is 0 Å². The second-order valence-electron chi connectivity index (χ2n) is 9.76. The van der Waals surface area contributed by atoms with Gasteiger partial charge in [-0.2, -0.15) is 13.2 Å². The van der Waals surface area contributed by atoms with Gasteiger partial charge in [-0.25, -0.2) is 4.98 Å². The van der Waals surface area contributed by atoms with E-state index in [0.29, 0.717) is 24.0 Å². The van der Waals surface area contributed by atoms with Gasteiger partial charge in [0.15, 0.2) is 0 Å². The number of carbonyl (C=O) groups excluding carboxylic acids is 1. The van der Waals surface area contributed by atoms with Crippen LogP contribution in [-0.4, -0.2) is 62.4 Å². The molecule has 3 heterocycles. The fourth-order valence-electron chi connectivity index (χ4n) is 4.54. The molecule has 1 amide bonds. The van der Waals surface area contributed by atoms with Gasteiger partial charge in [0.25, 0.3) is 6.47 Å². The Bertz CT molecular complexity index is 1280. The van der Waals surface area contributed by atoms with Crippen molar-refractivity contribution in [1.29, 1.82) is 0 Å². The smallest absolute Gasteiger partial charge is 0.416 e. The van der Waals surface area contributed by atoms with Crippen LogP contribution in [0.4, 0.5) is 24.7 Å². The maximum atomic E-state index is 13.4. The van der Waals surface area contributed by atoms with Crippen molar-refractivity contribution in [3.63, 3.8) is 0 Å². The number of hydrogen-bond donors (Lipinski definition) is 2. The minimum Gasteiger partial charge on any atom is -0.483 e. The molecule has 0 unspecified atom stereocenters. The molecule has 11 heteroatoms. The molecule has 0 spiro atoms. The van der Waals surface area contributed by atoms with Gasteiger partial charge in [-0.3, -0.25) is 14.6 Å². The van der Waals surface area contributed by atoms with Crippen LogP contribution in [0.3, 0.4) is 0 Å². The lowest BCUT2D eigenvalue weighted by Gasteiger charge is -2.39. The molecule has 0 aliphatic carbocycles. The molecule has 0 radical (unpaired) electrons. The van der Waals surface area contributed by atoms with Crippen LogP contribution in [0.15, 0.2) is 73.1 Å². The van der Waals surface area contributed by atoms with Crippen molar-refractivity contribution in [2.24, 2.45) is 0 Å². The zero-order chi connectivity index (χ0) is 29.8. The lowest BCUT2D eigenvalue weighted by Crippen LogP contribution is -2.48. The summed E-state index contributed by atoms with van der Waals surface area (Å²) in [6, 6.07) is 14.6. The second-order valence-corrected chi connectivity index (χ2v) is 9.76. The number of carboxylic acid groups (broad SMARTS) is 1. The van der Waals surface area contributed by atoms with Crippen LogP contribution in [0, 0.1) is 0 Å². The molecule has 4 rings (SSSR count). The quantitative estimate of drug-likeness (QED) is 0.259. The van der Waals surface area contributed by atoms with E-state index in [1.165, 1.54) is 18.2 Å². The van der Waals surface area contributed by atoms with Crippen LogP contribution < -0.4 is 5.32 Å². The van der Waals surface area contributed by atoms with E-state index in [1.54, 1.807) is 18.5 Å². The van der Waals surface area contributed by atoms with Gasteiger partial charge in [0, 0.05) is 49.3 Å². The third-order valence-corrected chi connectivity index (χ3v) is 6.70. The molecule has 1 aromatic carbocycles. The number of halogens is 3. The zero-order valence-corrected chi connectivity index (χ0v) is 23.0. The van der Waals surface area contributed by atoms with E-state index in [9.17, 15) is 18.0 Å². The summed E-state index contributed by atoms with van der Waals surface area (Å²) in [6.45, 7) is 6.20. The molecule has 0 bridgehead atoms. The van der Waals surface area contributed by atoms with E-state index in [4.69, 9.17) is 14.9 Å². The molecular formula is C30H34F3N5O3. The first-order chi connectivity index (χ1) is 19.6. The van der Waals surface area contributed by atoms with Gasteiger partial charge in [0.05, 0.1) is 17.8 Å². The number of carbonyl (C=O) groups is 2. The van der Waals surface area contributed by atoms with Crippen LogP contribution >= 0.6 is 0 Å². The largest absolute Gasteiger partial charge is 0.483 e. The van der Waals surface area contributed by atoms with Gasteiger partial charge >= 0.3 is 6.18 Å². The fraction of sp³-hybridized carbons (Fsp3) is 0.333. The zero-order valence-electron chi connectivity index (χ0n) is 23.0. The molecule has 1 saturated heterocycles. The molecule has 3 aromatic rings. The van der Waals surface area contributed by atoms with Crippen molar-refractivity contribution in [1.82, 2.24) is 19.8 Å². The third-order valence-electron chi connectivity index (χ3n) is 6.70. The molecule has 0 atom stereocenters. The Kier molecular flexibility index (Phi) is 11.4. The number of anilines is 2. The summed E-state index contributed by atoms with van der Waals surface area (Å²) in [5, 5.41) is 10.1. The lowest BCUT2D eigenvalue weighted by molar-refractivity contribution is -0.137. The van der Waals surface area contributed by atoms with Crippen molar-refractivity contribution in [2.75, 3.05) is 18.4 Å². The Morgan fingerprint density at radius 2 is 1.73 bits per heavy atom. The summed E-state index contributed by atoms with van der Waals surface area (Å²) in [5.41, 5.74) is 1.41. The summed E-state index contributed by atoms with van der Waals surface area (Å²) >= 11 is 0. The number of nitrogens with zero attached hydrogens (tertiary/aromatic N) is 4. The Hall–Kier alpha value is -4.25. The van der Waals surface area contributed by atoms with Gasteiger partial charge in [-0.05, 0) is 74.7 Å². The van der Waals surface area contributed by atoms with Crippen LogP contribution in [0.25, 0.3) is 6.08 Å². The SMILES string of the molecule is CC(C)N1CCC(N(Cc2cccc(Nc3ccncc3)n2)C(=O)/C=C/c2ccc(C(F)(F)F)cc2)CC1.O=CO. The third kappa shape index (κ3) is 9.71. The first kappa shape index (κ1) is 31.3. The van der Waals surface area contributed by atoms with Gasteiger partial charge in [-0.1, -0.05) is 18.2 Å². The molecule has 2 N–H and O–H groups in total. The average Bonchev–Trinajstić information content (AvgIpc) is 2.96. The summed E-state index contributed by atoms with van der Waals surface area (Å²) in [7, 11) is 0. The predicted molar refractivity (Wildman–Crippen MR) is 151 cm³/mol. The number of hydrogen-bond acceptors (Lipinski definition) is 6. The summed E-state index contributed by atoms with van der Waals surface area (Å²) < 4.78 is 38.7. The van der Waals surface area contributed by atoms with Crippen molar-refractivity contribution < 1.29 is 27.9 Å². The minimum absolute atomic E-state index is 0.0355. The molecule has 41 heavy (non-hydrogen) atoms. The van der Waals surface area contributed by atoms with Crippen molar-refractivity contribution in [2.45, 2.75) is 51.5 Å². The molecule has 2 aromatic heterocycles. The normalized spacial score (nSPS) is 14.4. The lowest BCUT2D eigenvalue weighted by atomic mass is 10.0.